The molecule has 6 aromatic rings. The molecule has 5 aliphatic rings. The number of esters is 1. The topological polar surface area (TPSA) is 124 Å². The predicted octanol–water partition coefficient (Wildman–Crippen LogP) is 7.22. The van der Waals surface area contributed by atoms with E-state index in [1.165, 1.54) is 5.56 Å². The number of carbonyl (C=O) groups is 3. The van der Waals surface area contributed by atoms with E-state index in [-0.39, 0.29) is 24.4 Å². The van der Waals surface area contributed by atoms with Crippen molar-refractivity contribution < 1.29 is 33.7 Å². The molecule has 6 atom stereocenters. The van der Waals surface area contributed by atoms with E-state index in [0.717, 1.165) is 34.7 Å². The van der Waals surface area contributed by atoms with Crippen molar-refractivity contribution in [3.63, 3.8) is 0 Å². The minimum absolute atomic E-state index is 0.0504. The first-order chi connectivity index (χ1) is 33.3. The SMILES string of the molecule is CN(CC#Cc1ccc2c(c1)C1(C(=O)N2)C(C(=O)N2CCN(Cc3ccc4c(c3)OCO4)CC2)C2C(=O)OC(c3ccccc3)C(c3ccccc3)N2C1c1ccc(O)cc1)Cc1ccccc1. The van der Waals surface area contributed by atoms with Crippen LogP contribution in [-0.4, -0.2) is 95.1 Å². The molecule has 1 spiro atoms. The Morgan fingerprint density at radius 1 is 0.750 bits per heavy atom. The average Bonchev–Trinajstić information content (AvgIpc) is 4.05. The highest BCUT2D eigenvalue weighted by Crippen LogP contribution is 2.65. The number of hydrogen-bond acceptors (Lipinski definition) is 10. The molecule has 2 N–H and O–H groups in total. The third-order valence-corrected chi connectivity index (χ3v) is 14.2. The summed E-state index contributed by atoms with van der Waals surface area (Å²) in [6.07, 6.45) is -0.790. The zero-order valence-electron chi connectivity index (χ0n) is 37.7. The van der Waals surface area contributed by atoms with Crippen molar-refractivity contribution >= 4 is 23.5 Å². The fourth-order valence-corrected chi connectivity index (χ4v) is 11.2. The third kappa shape index (κ3) is 7.72. The Labute approximate surface area is 395 Å². The largest absolute Gasteiger partial charge is 0.508 e. The van der Waals surface area contributed by atoms with E-state index in [9.17, 15) is 5.11 Å². The maximum atomic E-state index is 16.0. The number of piperazine rings is 1. The Kier molecular flexibility index (Phi) is 11.4. The summed E-state index contributed by atoms with van der Waals surface area (Å²) in [5.41, 5.74) is 4.74. The van der Waals surface area contributed by atoms with Crippen molar-refractivity contribution in [2.24, 2.45) is 5.92 Å². The fraction of sp³-hybridized carbons (Fsp3) is 0.268. The standard InChI is InChI=1S/C56H51N5O7/c1-58(34-38-12-5-2-6-13-38)27-11-14-37-19-25-45-44(32-37)56(55(65)57-45)48(53(63)60-30-28-59(29-31-60)35-39-20-26-46-47(33-39)67-36-66-46)50-54(64)68-51(41-17-9-4-10-18-41)49(40-15-7-3-8-16-40)61(50)52(56)42-21-23-43(62)24-22-42/h2-10,12-13,15-26,32-33,48-52,62H,27-31,34-36H2,1H3,(H,57,65). The number of rotatable bonds is 9. The Morgan fingerprint density at radius 3 is 2.18 bits per heavy atom. The summed E-state index contributed by atoms with van der Waals surface area (Å²) in [5, 5.41) is 13.9. The van der Waals surface area contributed by atoms with Crippen LogP contribution in [0, 0.1) is 17.8 Å². The number of fused-ring (bicyclic) bond motifs is 4. The lowest BCUT2D eigenvalue weighted by Gasteiger charge is -2.46. The number of amides is 2. The van der Waals surface area contributed by atoms with Crippen molar-refractivity contribution in [3.05, 3.63) is 191 Å². The maximum Gasteiger partial charge on any atom is 0.324 e. The molecule has 342 valence electrons. The van der Waals surface area contributed by atoms with Gasteiger partial charge in [-0.2, -0.15) is 0 Å². The Balaban J connectivity index is 1.03. The van der Waals surface area contributed by atoms with Gasteiger partial charge in [-0.15, -0.1) is 0 Å². The van der Waals surface area contributed by atoms with Crippen LogP contribution < -0.4 is 14.8 Å². The van der Waals surface area contributed by atoms with E-state index in [1.807, 2.05) is 127 Å². The third-order valence-electron chi connectivity index (χ3n) is 14.2. The summed E-state index contributed by atoms with van der Waals surface area (Å²) in [5.74, 6) is 5.73. The second kappa shape index (κ2) is 18.0. The number of phenols is 1. The number of aromatic hydroxyl groups is 1. The number of hydrogen-bond donors (Lipinski definition) is 2. The summed E-state index contributed by atoms with van der Waals surface area (Å²) in [4.78, 5) is 55.4. The van der Waals surface area contributed by atoms with E-state index >= 15 is 14.4 Å². The van der Waals surface area contributed by atoms with Crippen LogP contribution in [0.1, 0.15) is 57.1 Å². The van der Waals surface area contributed by atoms with Gasteiger partial charge < -0.3 is 29.5 Å². The zero-order chi connectivity index (χ0) is 46.4. The number of nitrogens with zero attached hydrogens (tertiary/aromatic N) is 4. The number of carbonyl (C=O) groups excluding carboxylic acids is 3. The normalized spacial score (nSPS) is 24.0. The highest BCUT2D eigenvalue weighted by molar-refractivity contribution is 6.12. The van der Waals surface area contributed by atoms with E-state index in [2.05, 4.69) is 44.0 Å². The number of benzene rings is 6. The van der Waals surface area contributed by atoms with Crippen LogP contribution >= 0.6 is 0 Å². The van der Waals surface area contributed by atoms with Crippen molar-refractivity contribution in [3.8, 4) is 29.1 Å². The van der Waals surface area contributed by atoms with Gasteiger partial charge in [0.1, 0.15) is 23.3 Å². The number of ether oxygens (including phenoxy) is 3. The first-order valence-electron chi connectivity index (χ1n) is 23.2. The summed E-state index contributed by atoms with van der Waals surface area (Å²) >= 11 is 0. The van der Waals surface area contributed by atoms with E-state index < -0.39 is 41.5 Å². The van der Waals surface area contributed by atoms with Crippen LogP contribution in [-0.2, 0) is 37.6 Å². The molecule has 3 saturated heterocycles. The van der Waals surface area contributed by atoms with Crippen molar-refractivity contribution in [2.45, 2.75) is 42.7 Å². The summed E-state index contributed by atoms with van der Waals surface area (Å²) in [6, 6.07) is 45.5. The molecule has 6 aromatic carbocycles. The second-order valence-electron chi connectivity index (χ2n) is 18.3. The van der Waals surface area contributed by atoms with Crippen LogP contribution in [0.4, 0.5) is 5.69 Å². The minimum Gasteiger partial charge on any atom is -0.508 e. The van der Waals surface area contributed by atoms with Crippen LogP contribution in [0.25, 0.3) is 0 Å². The smallest absolute Gasteiger partial charge is 0.324 e. The van der Waals surface area contributed by atoms with Gasteiger partial charge >= 0.3 is 5.97 Å². The molecular weight excluding hydrogens is 855 g/mol. The van der Waals surface area contributed by atoms with E-state index in [1.54, 1.807) is 24.3 Å². The Bertz CT molecular complexity index is 2920. The number of cyclic esters (lactones) is 1. The van der Waals surface area contributed by atoms with Gasteiger partial charge in [0, 0.05) is 50.5 Å². The minimum atomic E-state index is -1.66. The van der Waals surface area contributed by atoms with Gasteiger partial charge in [0.15, 0.2) is 11.5 Å². The molecule has 12 nitrogen and oxygen atoms in total. The van der Waals surface area contributed by atoms with Crippen LogP contribution in [0.15, 0.2) is 152 Å². The molecule has 11 rings (SSSR count). The molecule has 3 fully saturated rings. The quantitative estimate of drug-likeness (QED) is 0.114. The van der Waals surface area contributed by atoms with Crippen molar-refractivity contribution in [1.29, 1.82) is 0 Å². The van der Waals surface area contributed by atoms with Crippen LogP contribution in [0.5, 0.6) is 17.2 Å². The fourth-order valence-electron chi connectivity index (χ4n) is 11.2. The lowest BCUT2D eigenvalue weighted by atomic mass is 9.65. The van der Waals surface area contributed by atoms with Crippen LogP contribution in [0.2, 0.25) is 0 Å². The van der Waals surface area contributed by atoms with Gasteiger partial charge in [0.25, 0.3) is 0 Å². The highest BCUT2D eigenvalue weighted by Gasteiger charge is 2.74. The molecular formula is C56H51N5O7. The number of nitrogens with one attached hydrogen (secondary N) is 1. The van der Waals surface area contributed by atoms with Gasteiger partial charge in [-0.25, -0.2) is 0 Å². The van der Waals surface area contributed by atoms with Crippen molar-refractivity contribution in [1.82, 2.24) is 19.6 Å². The van der Waals surface area contributed by atoms with Gasteiger partial charge in [0.05, 0.1) is 24.5 Å². The molecule has 5 heterocycles. The highest BCUT2D eigenvalue weighted by atomic mass is 16.7. The van der Waals surface area contributed by atoms with Gasteiger partial charge in [-0.1, -0.05) is 121 Å². The number of morpholine rings is 1. The van der Waals surface area contributed by atoms with E-state index in [0.29, 0.717) is 61.6 Å². The number of phenolic OH excluding ortho intramolecular Hbond substituents is 1. The van der Waals surface area contributed by atoms with Crippen LogP contribution in [0.3, 0.4) is 0 Å². The molecule has 68 heavy (non-hydrogen) atoms. The molecule has 0 aromatic heterocycles. The van der Waals surface area contributed by atoms with Gasteiger partial charge in [0.2, 0.25) is 18.6 Å². The monoisotopic (exact) mass is 905 g/mol. The zero-order valence-corrected chi connectivity index (χ0v) is 37.7. The Morgan fingerprint density at radius 2 is 1.44 bits per heavy atom. The molecule has 0 aliphatic carbocycles. The van der Waals surface area contributed by atoms with Gasteiger partial charge in [-0.3, -0.25) is 29.1 Å². The average molecular weight is 906 g/mol. The summed E-state index contributed by atoms with van der Waals surface area (Å²) < 4.78 is 17.8. The lowest BCUT2D eigenvalue weighted by Crippen LogP contribution is -2.58. The molecule has 2 amide bonds. The van der Waals surface area contributed by atoms with Crippen molar-refractivity contribution in [2.75, 3.05) is 51.9 Å². The second-order valence-corrected chi connectivity index (χ2v) is 18.3. The molecule has 0 bridgehead atoms. The lowest BCUT2D eigenvalue weighted by molar-refractivity contribution is -0.179. The molecule has 0 radical (unpaired) electrons. The first-order valence-corrected chi connectivity index (χ1v) is 23.2. The molecule has 6 unspecified atom stereocenters. The number of anilines is 1. The predicted molar refractivity (Wildman–Crippen MR) is 255 cm³/mol. The van der Waals surface area contributed by atoms with E-state index in [4.69, 9.17) is 14.2 Å². The summed E-state index contributed by atoms with van der Waals surface area (Å²) in [6.45, 7) is 3.98. The molecule has 5 aliphatic heterocycles. The summed E-state index contributed by atoms with van der Waals surface area (Å²) in [7, 11) is 2.03. The molecule has 0 saturated carbocycles. The first kappa shape index (κ1) is 43.2. The maximum absolute atomic E-state index is 16.0. The molecule has 12 heteroatoms. The van der Waals surface area contributed by atoms with Gasteiger partial charge in [-0.05, 0) is 82.9 Å². The Hall–Kier alpha value is -7.43.